The Hall–Kier alpha value is -2.35. The third-order valence-electron chi connectivity index (χ3n) is 6.63. The molecule has 0 radical (unpaired) electrons. The fourth-order valence-corrected chi connectivity index (χ4v) is 6.29. The van der Waals surface area contributed by atoms with E-state index in [2.05, 4.69) is 12.8 Å². The van der Waals surface area contributed by atoms with Crippen LogP contribution >= 0.6 is 35.8 Å². The molecule has 0 N–H and O–H groups in total. The molecule has 2 aliphatic heterocycles. The van der Waals surface area contributed by atoms with Crippen molar-refractivity contribution in [3.63, 3.8) is 0 Å². The van der Waals surface area contributed by atoms with Crippen molar-refractivity contribution in [2.45, 2.75) is 30.5 Å². The zero-order chi connectivity index (χ0) is 23.2. The van der Waals surface area contributed by atoms with Crippen LogP contribution in [0, 0.1) is 0 Å². The molecule has 3 unspecified atom stereocenters. The lowest BCUT2D eigenvalue weighted by molar-refractivity contribution is -0.142. The number of hydrogen-bond acceptors (Lipinski definition) is 5. The summed E-state index contributed by atoms with van der Waals surface area (Å²) in [4.78, 5) is 29.1. The molecule has 2 fully saturated rings. The smallest absolute Gasteiger partial charge is 0.248 e. The maximum Gasteiger partial charge on any atom is 0.248 e. The largest absolute Gasteiger partial charge is 0.369 e. The van der Waals surface area contributed by atoms with Crippen LogP contribution in [0.2, 0.25) is 5.02 Å². The van der Waals surface area contributed by atoms with Gasteiger partial charge in [-0.2, -0.15) is 11.3 Å². The zero-order valence-electron chi connectivity index (χ0n) is 17.7. The molecule has 1 aromatic heterocycles. The second kappa shape index (κ2) is 8.78. The fourth-order valence-electron chi connectivity index (χ4n) is 4.91. The molecular weight excluding hydrogens is 479 g/mol. The number of halogens is 2. The number of rotatable bonds is 4. The van der Waals surface area contributed by atoms with Crippen molar-refractivity contribution in [1.29, 1.82) is 0 Å². The molecule has 0 aliphatic carbocycles. The summed E-state index contributed by atoms with van der Waals surface area (Å²) in [7, 11) is 0. The first-order valence-corrected chi connectivity index (χ1v) is 12.5. The van der Waals surface area contributed by atoms with E-state index in [9.17, 15) is 14.0 Å². The molecule has 2 aromatic carbocycles. The summed E-state index contributed by atoms with van der Waals surface area (Å²) in [6.07, 6.45) is -0.216. The number of Topliss-reactive ketones (excluding diaryl/α,β-unsaturated/α-hetero) is 1. The number of nitrogens with zero attached hydrogens (tertiary/aromatic N) is 2. The number of anilines is 1. The van der Waals surface area contributed by atoms with Crippen LogP contribution in [0.1, 0.15) is 35.4 Å². The van der Waals surface area contributed by atoms with E-state index in [0.29, 0.717) is 30.1 Å². The number of thiol groups is 1. The molecule has 33 heavy (non-hydrogen) atoms. The van der Waals surface area contributed by atoms with E-state index in [4.69, 9.17) is 11.6 Å². The number of carbonyl (C=O) groups is 2. The lowest BCUT2D eigenvalue weighted by Gasteiger charge is -2.46. The lowest BCUT2D eigenvalue weighted by atomic mass is 9.73. The van der Waals surface area contributed by atoms with E-state index < -0.39 is 23.5 Å². The summed E-state index contributed by atoms with van der Waals surface area (Å²) in [6.45, 7) is 1.05. The van der Waals surface area contributed by atoms with Gasteiger partial charge in [-0.15, -0.1) is 0 Å². The average molecular weight is 501 g/mol. The van der Waals surface area contributed by atoms with E-state index in [0.717, 1.165) is 16.8 Å². The van der Waals surface area contributed by atoms with Crippen LogP contribution in [-0.4, -0.2) is 35.3 Å². The number of amides is 1. The maximum absolute atomic E-state index is 13.7. The Balaban J connectivity index is 1.56. The first kappa shape index (κ1) is 22.4. The van der Waals surface area contributed by atoms with E-state index in [-0.39, 0.29) is 12.2 Å². The van der Waals surface area contributed by atoms with Crippen LogP contribution < -0.4 is 4.90 Å². The van der Waals surface area contributed by atoms with Gasteiger partial charge in [0.1, 0.15) is 17.6 Å². The van der Waals surface area contributed by atoms with Gasteiger partial charge >= 0.3 is 0 Å². The minimum Gasteiger partial charge on any atom is -0.369 e. The molecule has 8 heteroatoms. The SMILES string of the molecule is O=C1CC(c2ccc(N3CCC(F)C3)cc2)(c2ccsc2)N(S)C(=O)C1c1ccccc1Cl. The minimum absolute atomic E-state index is 0.0739. The van der Waals surface area contributed by atoms with Gasteiger partial charge in [0.2, 0.25) is 5.91 Å². The number of hydrogen-bond donors (Lipinski definition) is 1. The van der Waals surface area contributed by atoms with Crippen LogP contribution in [0.15, 0.2) is 65.4 Å². The number of ketones is 1. The molecule has 2 saturated heterocycles. The van der Waals surface area contributed by atoms with Crippen molar-refractivity contribution < 1.29 is 14.0 Å². The normalized spacial score (nSPS) is 25.7. The Morgan fingerprint density at radius 2 is 1.82 bits per heavy atom. The highest BCUT2D eigenvalue weighted by molar-refractivity contribution is 7.78. The predicted octanol–water partition coefficient (Wildman–Crippen LogP) is 5.62. The van der Waals surface area contributed by atoms with Gasteiger partial charge in [-0.3, -0.25) is 13.9 Å². The summed E-state index contributed by atoms with van der Waals surface area (Å²) < 4.78 is 15.1. The second-order valence-corrected chi connectivity index (χ2v) is 10.1. The second-order valence-electron chi connectivity index (χ2n) is 8.50. The van der Waals surface area contributed by atoms with Gasteiger partial charge in [-0.25, -0.2) is 4.39 Å². The topological polar surface area (TPSA) is 40.6 Å². The highest BCUT2D eigenvalue weighted by Gasteiger charge is 2.52. The van der Waals surface area contributed by atoms with Gasteiger partial charge in [0, 0.05) is 30.2 Å². The van der Waals surface area contributed by atoms with Crippen molar-refractivity contribution in [3.05, 3.63) is 87.1 Å². The first-order valence-electron chi connectivity index (χ1n) is 10.7. The molecule has 170 valence electrons. The number of piperidine rings is 1. The summed E-state index contributed by atoms with van der Waals surface area (Å²) in [5.41, 5.74) is 2.00. The molecule has 0 saturated carbocycles. The average Bonchev–Trinajstić information content (AvgIpc) is 3.50. The Kier molecular flexibility index (Phi) is 5.97. The van der Waals surface area contributed by atoms with Crippen LogP contribution in [0.4, 0.5) is 10.1 Å². The van der Waals surface area contributed by atoms with Crippen LogP contribution in [0.25, 0.3) is 0 Å². The van der Waals surface area contributed by atoms with Gasteiger partial charge in [0.05, 0.1) is 0 Å². The summed E-state index contributed by atoms with van der Waals surface area (Å²) in [5.74, 6) is -1.60. The molecular formula is C25H22ClFN2O2S2. The molecule has 3 heterocycles. The van der Waals surface area contributed by atoms with Gasteiger partial charge in [0.15, 0.2) is 5.78 Å². The maximum atomic E-state index is 13.7. The highest BCUT2D eigenvalue weighted by Crippen LogP contribution is 2.48. The number of benzene rings is 2. The summed E-state index contributed by atoms with van der Waals surface area (Å²) in [5, 5.41) is 4.25. The Bertz CT molecular complexity index is 1190. The molecule has 2 aliphatic rings. The first-order chi connectivity index (χ1) is 15.9. The van der Waals surface area contributed by atoms with Crippen LogP contribution in [0.3, 0.4) is 0 Å². The van der Waals surface area contributed by atoms with E-state index in [1.165, 1.54) is 15.6 Å². The molecule has 3 atom stereocenters. The van der Waals surface area contributed by atoms with Gasteiger partial charge < -0.3 is 4.90 Å². The summed E-state index contributed by atoms with van der Waals surface area (Å²) >= 11 is 12.5. The lowest BCUT2D eigenvalue weighted by Crippen LogP contribution is -2.54. The van der Waals surface area contributed by atoms with Crippen molar-refractivity contribution in [3.8, 4) is 0 Å². The molecule has 0 bridgehead atoms. The standard InChI is InChI=1S/C25H22ClFN2O2S2/c26-21-4-2-1-3-20(21)23-22(30)13-25(29(32)24(23)31,17-10-12-33-15-17)16-5-7-19(8-6-16)28-11-9-18(27)14-28/h1-8,10,12,15,18,23,32H,9,11,13-14H2. The molecule has 3 aromatic rings. The van der Waals surface area contributed by atoms with Gasteiger partial charge in [0.25, 0.3) is 0 Å². The third-order valence-corrected chi connectivity index (χ3v) is 8.19. The molecule has 5 rings (SSSR count). The van der Waals surface area contributed by atoms with Crippen molar-refractivity contribution >= 4 is 53.1 Å². The zero-order valence-corrected chi connectivity index (χ0v) is 20.1. The van der Waals surface area contributed by atoms with Crippen molar-refractivity contribution in [2.75, 3.05) is 18.0 Å². The molecule has 0 spiro atoms. The predicted molar refractivity (Wildman–Crippen MR) is 133 cm³/mol. The van der Waals surface area contributed by atoms with E-state index in [1.807, 2.05) is 46.0 Å². The monoisotopic (exact) mass is 500 g/mol. The van der Waals surface area contributed by atoms with E-state index in [1.54, 1.807) is 24.3 Å². The minimum atomic E-state index is -1.04. The van der Waals surface area contributed by atoms with Crippen LogP contribution in [-0.2, 0) is 15.1 Å². The number of carbonyl (C=O) groups excluding carboxylic acids is 2. The Labute approximate surface area is 206 Å². The van der Waals surface area contributed by atoms with Crippen molar-refractivity contribution in [2.24, 2.45) is 0 Å². The van der Waals surface area contributed by atoms with Crippen molar-refractivity contribution in [1.82, 2.24) is 4.31 Å². The Morgan fingerprint density at radius 1 is 1.06 bits per heavy atom. The number of thiophene rings is 1. The number of alkyl halides is 1. The molecule has 1 amide bonds. The van der Waals surface area contributed by atoms with Crippen LogP contribution in [0.5, 0.6) is 0 Å². The quantitative estimate of drug-likeness (QED) is 0.373. The summed E-state index contributed by atoms with van der Waals surface area (Å²) in [6, 6.07) is 16.5. The highest BCUT2D eigenvalue weighted by atomic mass is 35.5. The van der Waals surface area contributed by atoms with Gasteiger partial charge in [-0.1, -0.05) is 54.7 Å². The fraction of sp³-hybridized carbons (Fsp3) is 0.280. The molecule has 4 nitrogen and oxygen atoms in total. The van der Waals surface area contributed by atoms with E-state index >= 15 is 0 Å². The Morgan fingerprint density at radius 3 is 2.45 bits per heavy atom. The third kappa shape index (κ3) is 3.76. The van der Waals surface area contributed by atoms with Gasteiger partial charge in [-0.05, 0) is 58.1 Å².